The van der Waals surface area contributed by atoms with E-state index >= 15 is 0 Å². The van der Waals surface area contributed by atoms with E-state index in [1.165, 1.54) is 0 Å². The Morgan fingerprint density at radius 3 is 2.54 bits per heavy atom. The summed E-state index contributed by atoms with van der Waals surface area (Å²) in [6.07, 6.45) is 2.14. The van der Waals surface area contributed by atoms with Crippen molar-refractivity contribution in [3.8, 4) is 5.75 Å². The summed E-state index contributed by atoms with van der Waals surface area (Å²) in [4.78, 5) is 26.5. The molecule has 0 spiro atoms. The fourth-order valence-electron chi connectivity index (χ4n) is 3.37. The van der Waals surface area contributed by atoms with E-state index in [9.17, 15) is 9.59 Å². The zero-order valence-electron chi connectivity index (χ0n) is 16.2. The molecule has 3 amide bonds. The highest BCUT2D eigenvalue weighted by Crippen LogP contribution is 2.19. The standard InChI is InChI=1S/C22H27N3O3/c1-28-20-9-5-6-17(16-20)10-13-23-21(26)18-11-14-25(15-12-18)22(27)24-19-7-3-2-4-8-19/h2-9,16,18H,10-15H2,1H3,(H,23,26)(H,24,27). The van der Waals surface area contributed by atoms with Crippen molar-refractivity contribution in [3.05, 3.63) is 60.2 Å². The Morgan fingerprint density at radius 2 is 1.82 bits per heavy atom. The van der Waals surface area contributed by atoms with Gasteiger partial charge < -0.3 is 20.3 Å². The van der Waals surface area contributed by atoms with Crippen LogP contribution in [0.2, 0.25) is 0 Å². The molecule has 1 aliphatic heterocycles. The lowest BCUT2D eigenvalue weighted by Crippen LogP contribution is -2.44. The number of benzene rings is 2. The van der Waals surface area contributed by atoms with Gasteiger partial charge in [0.1, 0.15) is 5.75 Å². The van der Waals surface area contributed by atoms with E-state index in [2.05, 4.69) is 10.6 Å². The Morgan fingerprint density at radius 1 is 1.07 bits per heavy atom. The van der Waals surface area contributed by atoms with Gasteiger partial charge in [-0.1, -0.05) is 30.3 Å². The summed E-state index contributed by atoms with van der Waals surface area (Å²) in [5.74, 6) is 0.863. The smallest absolute Gasteiger partial charge is 0.321 e. The van der Waals surface area contributed by atoms with Crippen LogP contribution < -0.4 is 15.4 Å². The number of nitrogens with zero attached hydrogens (tertiary/aromatic N) is 1. The van der Waals surface area contributed by atoms with Gasteiger partial charge >= 0.3 is 6.03 Å². The Balaban J connectivity index is 1.39. The number of urea groups is 1. The monoisotopic (exact) mass is 381 g/mol. The molecule has 0 aliphatic carbocycles. The number of carbonyl (C=O) groups excluding carboxylic acids is 2. The van der Waals surface area contributed by atoms with Gasteiger partial charge in [0.05, 0.1) is 7.11 Å². The molecule has 1 heterocycles. The molecule has 1 saturated heterocycles. The third-order valence-electron chi connectivity index (χ3n) is 5.03. The van der Waals surface area contributed by atoms with Crippen LogP contribution in [0.3, 0.4) is 0 Å². The van der Waals surface area contributed by atoms with Crippen molar-refractivity contribution in [2.75, 3.05) is 32.1 Å². The van der Waals surface area contributed by atoms with Crippen molar-refractivity contribution in [3.63, 3.8) is 0 Å². The van der Waals surface area contributed by atoms with Crippen molar-refractivity contribution < 1.29 is 14.3 Å². The van der Waals surface area contributed by atoms with Crippen LogP contribution in [0.1, 0.15) is 18.4 Å². The molecule has 0 saturated carbocycles. The van der Waals surface area contributed by atoms with Crippen molar-refractivity contribution in [2.45, 2.75) is 19.3 Å². The van der Waals surface area contributed by atoms with Crippen LogP contribution in [-0.4, -0.2) is 43.6 Å². The first-order valence-electron chi connectivity index (χ1n) is 9.67. The fourth-order valence-corrected chi connectivity index (χ4v) is 3.37. The van der Waals surface area contributed by atoms with Crippen LogP contribution >= 0.6 is 0 Å². The molecular formula is C22H27N3O3. The van der Waals surface area contributed by atoms with E-state index in [0.29, 0.717) is 32.5 Å². The highest BCUT2D eigenvalue weighted by molar-refractivity contribution is 5.89. The summed E-state index contributed by atoms with van der Waals surface area (Å²) in [5, 5.41) is 5.92. The molecule has 2 aromatic carbocycles. The number of amides is 3. The molecule has 6 nitrogen and oxygen atoms in total. The van der Waals surface area contributed by atoms with E-state index in [1.807, 2.05) is 54.6 Å². The lowest BCUT2D eigenvalue weighted by atomic mass is 9.96. The quantitative estimate of drug-likeness (QED) is 0.807. The van der Waals surface area contributed by atoms with Crippen LogP contribution in [-0.2, 0) is 11.2 Å². The number of piperidine rings is 1. The van der Waals surface area contributed by atoms with Crippen LogP contribution in [0.15, 0.2) is 54.6 Å². The average Bonchev–Trinajstić information content (AvgIpc) is 2.74. The molecule has 2 aromatic rings. The first-order valence-corrected chi connectivity index (χ1v) is 9.67. The zero-order chi connectivity index (χ0) is 19.8. The van der Waals surface area contributed by atoms with Gasteiger partial charge in [-0.05, 0) is 49.1 Å². The number of carbonyl (C=O) groups is 2. The highest BCUT2D eigenvalue weighted by atomic mass is 16.5. The number of anilines is 1. The van der Waals surface area contributed by atoms with Gasteiger partial charge in [-0.15, -0.1) is 0 Å². The highest BCUT2D eigenvalue weighted by Gasteiger charge is 2.27. The number of hydrogen-bond acceptors (Lipinski definition) is 3. The number of nitrogens with one attached hydrogen (secondary N) is 2. The third kappa shape index (κ3) is 5.49. The molecule has 0 aromatic heterocycles. The number of rotatable bonds is 6. The Bertz CT molecular complexity index is 787. The summed E-state index contributed by atoms with van der Waals surface area (Å²) < 4.78 is 5.22. The third-order valence-corrected chi connectivity index (χ3v) is 5.03. The van der Waals surface area contributed by atoms with E-state index in [0.717, 1.165) is 23.4 Å². The maximum atomic E-state index is 12.4. The number of hydrogen-bond donors (Lipinski definition) is 2. The lowest BCUT2D eigenvalue weighted by Gasteiger charge is -2.31. The number of para-hydroxylation sites is 1. The predicted molar refractivity (Wildman–Crippen MR) is 109 cm³/mol. The van der Waals surface area contributed by atoms with E-state index in [4.69, 9.17) is 4.74 Å². The van der Waals surface area contributed by atoms with Crippen molar-refractivity contribution >= 4 is 17.6 Å². The van der Waals surface area contributed by atoms with Crippen LogP contribution in [0, 0.1) is 5.92 Å². The normalized spacial score (nSPS) is 14.4. The van der Waals surface area contributed by atoms with Gasteiger partial charge in [0, 0.05) is 31.2 Å². The van der Waals surface area contributed by atoms with Gasteiger partial charge in [0.25, 0.3) is 0 Å². The molecule has 0 unspecified atom stereocenters. The second-order valence-electron chi connectivity index (χ2n) is 6.95. The molecule has 1 fully saturated rings. The summed E-state index contributed by atoms with van der Waals surface area (Å²) in [7, 11) is 1.65. The molecule has 0 radical (unpaired) electrons. The first-order chi connectivity index (χ1) is 13.7. The largest absolute Gasteiger partial charge is 0.497 e. The maximum absolute atomic E-state index is 12.4. The summed E-state index contributed by atoms with van der Waals surface area (Å²) >= 11 is 0. The van der Waals surface area contributed by atoms with Crippen molar-refractivity contribution in [1.82, 2.24) is 10.2 Å². The molecule has 148 valence electrons. The molecule has 0 atom stereocenters. The molecule has 28 heavy (non-hydrogen) atoms. The summed E-state index contributed by atoms with van der Waals surface area (Å²) in [6.45, 7) is 1.78. The first kappa shape index (κ1) is 19.7. The van der Waals surface area contributed by atoms with Gasteiger partial charge in [-0.3, -0.25) is 4.79 Å². The Labute approximate surface area is 165 Å². The SMILES string of the molecule is COc1cccc(CCNC(=O)C2CCN(C(=O)Nc3ccccc3)CC2)c1. The Kier molecular flexibility index (Phi) is 6.89. The summed E-state index contributed by atoms with van der Waals surface area (Å²) in [5.41, 5.74) is 1.91. The molecular weight excluding hydrogens is 354 g/mol. The van der Waals surface area contributed by atoms with E-state index < -0.39 is 0 Å². The summed E-state index contributed by atoms with van der Waals surface area (Å²) in [6, 6.07) is 17.2. The predicted octanol–water partition coefficient (Wildman–Crippen LogP) is 3.30. The minimum atomic E-state index is -0.108. The number of likely N-dealkylation sites (tertiary alicyclic amines) is 1. The molecule has 2 N–H and O–H groups in total. The second kappa shape index (κ2) is 9.78. The van der Waals surface area contributed by atoms with Crippen molar-refractivity contribution in [1.29, 1.82) is 0 Å². The minimum Gasteiger partial charge on any atom is -0.497 e. The van der Waals surface area contributed by atoms with Crippen LogP contribution in [0.25, 0.3) is 0 Å². The number of methoxy groups -OCH3 is 1. The van der Waals surface area contributed by atoms with Gasteiger partial charge in [-0.2, -0.15) is 0 Å². The molecule has 1 aliphatic rings. The molecule has 3 rings (SSSR count). The fraction of sp³-hybridized carbons (Fsp3) is 0.364. The second-order valence-corrected chi connectivity index (χ2v) is 6.95. The zero-order valence-corrected chi connectivity index (χ0v) is 16.2. The minimum absolute atomic E-state index is 0.0360. The Hall–Kier alpha value is -3.02. The maximum Gasteiger partial charge on any atom is 0.321 e. The van der Waals surface area contributed by atoms with E-state index in [1.54, 1.807) is 12.0 Å². The molecule has 0 bridgehead atoms. The lowest BCUT2D eigenvalue weighted by molar-refractivity contribution is -0.126. The van der Waals surface area contributed by atoms with Crippen LogP contribution in [0.4, 0.5) is 10.5 Å². The van der Waals surface area contributed by atoms with E-state index in [-0.39, 0.29) is 17.9 Å². The van der Waals surface area contributed by atoms with Crippen LogP contribution in [0.5, 0.6) is 5.75 Å². The van der Waals surface area contributed by atoms with Gasteiger partial charge in [0.15, 0.2) is 0 Å². The van der Waals surface area contributed by atoms with Crippen molar-refractivity contribution in [2.24, 2.45) is 5.92 Å². The van der Waals surface area contributed by atoms with Gasteiger partial charge in [-0.25, -0.2) is 4.79 Å². The van der Waals surface area contributed by atoms with Gasteiger partial charge in [0.2, 0.25) is 5.91 Å². The molecule has 6 heteroatoms. The topological polar surface area (TPSA) is 70.7 Å². The average molecular weight is 381 g/mol. The number of ether oxygens (including phenoxy) is 1.